The second-order valence-electron chi connectivity index (χ2n) is 4.36. The van der Waals surface area contributed by atoms with Crippen LogP contribution in [-0.2, 0) is 0 Å². The van der Waals surface area contributed by atoms with E-state index in [2.05, 4.69) is 10.2 Å². The van der Waals surface area contributed by atoms with Gasteiger partial charge in [0.25, 0.3) is 0 Å². The molecule has 2 rings (SSSR count). The number of thioether (sulfide) groups is 2. The normalized spacial score (nSPS) is 12.2. The number of amidine groups is 2. The van der Waals surface area contributed by atoms with E-state index in [4.69, 9.17) is 22.3 Å². The Hall–Kier alpha value is -1.80. The third kappa shape index (κ3) is 4.33. The second-order valence-corrected chi connectivity index (χ2v) is 6.49. The van der Waals surface area contributed by atoms with Crippen molar-refractivity contribution in [1.82, 2.24) is 10.2 Å². The van der Waals surface area contributed by atoms with E-state index in [1.807, 2.05) is 24.3 Å². The quantitative estimate of drug-likeness (QED) is 0.493. The third-order valence-electron chi connectivity index (χ3n) is 2.90. The lowest BCUT2D eigenvalue weighted by Crippen LogP contribution is -2.14. The molecule has 1 aromatic carbocycles. The van der Waals surface area contributed by atoms with Crippen LogP contribution in [0.1, 0.15) is 11.5 Å². The first-order chi connectivity index (χ1) is 10.1. The first kappa shape index (κ1) is 15.6. The van der Waals surface area contributed by atoms with Gasteiger partial charge < -0.3 is 11.5 Å². The molecule has 0 fully saturated rings. The Morgan fingerprint density at radius 1 is 1.10 bits per heavy atom. The lowest BCUT2D eigenvalue weighted by atomic mass is 10.0. The highest BCUT2D eigenvalue weighted by Crippen LogP contribution is 2.29. The Kier molecular flexibility index (Phi) is 5.40. The first-order valence-corrected chi connectivity index (χ1v) is 8.19. The molecular weight excluding hydrogens is 304 g/mol. The highest BCUT2D eigenvalue weighted by molar-refractivity contribution is 8.14. The molecule has 6 nitrogen and oxygen atoms in total. The number of fused-ring (bicyclic) bond motifs is 1. The van der Waals surface area contributed by atoms with Crippen molar-refractivity contribution in [1.29, 1.82) is 10.8 Å². The standard InChI is InChI=1S/C13H16N6S2/c14-12(15)20-6-8(7-21-13(16)17)10-5-18-19-11-4-2-1-3-9(10)11/h1-5,8H,6-7H2,(H3,14,15)(H3,16,17). The molecule has 6 N–H and O–H groups in total. The molecular formula is C13H16N6S2. The summed E-state index contributed by atoms with van der Waals surface area (Å²) in [6, 6.07) is 7.80. The van der Waals surface area contributed by atoms with Crippen LogP contribution in [-0.4, -0.2) is 32.0 Å². The molecule has 0 bridgehead atoms. The van der Waals surface area contributed by atoms with Gasteiger partial charge in [0.15, 0.2) is 10.3 Å². The van der Waals surface area contributed by atoms with Gasteiger partial charge in [-0.25, -0.2) is 0 Å². The molecule has 0 saturated heterocycles. The molecule has 0 radical (unpaired) electrons. The fraction of sp³-hybridized carbons (Fsp3) is 0.231. The summed E-state index contributed by atoms with van der Waals surface area (Å²) in [4.78, 5) is 0. The van der Waals surface area contributed by atoms with Gasteiger partial charge in [0.05, 0.1) is 11.7 Å². The Bertz CT molecular complexity index is 637. The van der Waals surface area contributed by atoms with Crippen LogP contribution in [0.5, 0.6) is 0 Å². The maximum Gasteiger partial charge on any atom is 0.151 e. The van der Waals surface area contributed by atoms with E-state index < -0.39 is 0 Å². The monoisotopic (exact) mass is 320 g/mol. The van der Waals surface area contributed by atoms with Crippen molar-refractivity contribution in [3.05, 3.63) is 36.0 Å². The molecule has 2 aromatic rings. The molecule has 8 heteroatoms. The number of rotatable bonds is 5. The third-order valence-corrected chi connectivity index (χ3v) is 4.66. The zero-order valence-corrected chi connectivity index (χ0v) is 12.9. The van der Waals surface area contributed by atoms with Gasteiger partial charge in [-0.15, -0.1) is 0 Å². The molecule has 0 aliphatic rings. The number of aromatic nitrogens is 2. The maximum absolute atomic E-state index is 7.37. The summed E-state index contributed by atoms with van der Waals surface area (Å²) in [5, 5.41) is 24.1. The molecule has 0 unspecified atom stereocenters. The van der Waals surface area contributed by atoms with Gasteiger partial charge in [-0.3, -0.25) is 10.8 Å². The number of hydrogen-bond acceptors (Lipinski definition) is 6. The number of nitrogens with two attached hydrogens (primary N) is 2. The zero-order valence-electron chi connectivity index (χ0n) is 11.2. The van der Waals surface area contributed by atoms with Crippen molar-refractivity contribution in [2.45, 2.75) is 5.92 Å². The van der Waals surface area contributed by atoms with Gasteiger partial charge in [-0.2, -0.15) is 10.2 Å². The molecule has 0 aliphatic carbocycles. The molecule has 110 valence electrons. The number of nitrogens with one attached hydrogen (secondary N) is 2. The minimum absolute atomic E-state index is 0.0825. The van der Waals surface area contributed by atoms with Crippen LogP contribution in [0.4, 0.5) is 0 Å². The van der Waals surface area contributed by atoms with E-state index in [0.29, 0.717) is 11.5 Å². The summed E-state index contributed by atoms with van der Waals surface area (Å²) in [5.74, 6) is 1.38. The fourth-order valence-corrected chi connectivity index (χ4v) is 3.47. The van der Waals surface area contributed by atoms with Crippen LogP contribution in [0.2, 0.25) is 0 Å². The number of benzene rings is 1. The minimum Gasteiger partial charge on any atom is -0.379 e. The zero-order chi connectivity index (χ0) is 15.2. The van der Waals surface area contributed by atoms with Crippen molar-refractivity contribution in [2.24, 2.45) is 11.5 Å². The number of hydrogen-bond donors (Lipinski definition) is 4. The van der Waals surface area contributed by atoms with E-state index in [1.54, 1.807) is 6.20 Å². The summed E-state index contributed by atoms with van der Waals surface area (Å²) in [5.41, 5.74) is 12.7. The van der Waals surface area contributed by atoms with E-state index >= 15 is 0 Å². The molecule has 0 atom stereocenters. The molecule has 1 heterocycles. The largest absolute Gasteiger partial charge is 0.379 e. The SMILES string of the molecule is N=C(N)SCC(CSC(=N)N)c1cnnc2ccccc12. The van der Waals surface area contributed by atoms with Gasteiger partial charge >= 0.3 is 0 Å². The van der Waals surface area contributed by atoms with Crippen LogP contribution in [0.3, 0.4) is 0 Å². The molecule has 0 aliphatic heterocycles. The minimum atomic E-state index is 0.0825. The average molecular weight is 320 g/mol. The molecule has 0 saturated carbocycles. The van der Waals surface area contributed by atoms with Crippen LogP contribution in [0, 0.1) is 10.8 Å². The van der Waals surface area contributed by atoms with Crippen LogP contribution >= 0.6 is 23.5 Å². The van der Waals surface area contributed by atoms with Crippen molar-refractivity contribution in [3.8, 4) is 0 Å². The van der Waals surface area contributed by atoms with Crippen LogP contribution in [0.15, 0.2) is 30.5 Å². The summed E-state index contributed by atoms with van der Waals surface area (Å²) < 4.78 is 0. The van der Waals surface area contributed by atoms with Crippen molar-refractivity contribution in [3.63, 3.8) is 0 Å². The van der Waals surface area contributed by atoms with Gasteiger partial charge in [-0.05, 0) is 11.6 Å². The first-order valence-electron chi connectivity index (χ1n) is 6.22. The van der Waals surface area contributed by atoms with Gasteiger partial charge in [-0.1, -0.05) is 41.7 Å². The van der Waals surface area contributed by atoms with E-state index in [0.717, 1.165) is 16.5 Å². The lowest BCUT2D eigenvalue weighted by Gasteiger charge is -2.17. The lowest BCUT2D eigenvalue weighted by molar-refractivity contribution is 0.886. The molecule has 21 heavy (non-hydrogen) atoms. The van der Waals surface area contributed by atoms with Crippen LogP contribution < -0.4 is 11.5 Å². The second kappa shape index (κ2) is 7.28. The Morgan fingerprint density at radius 3 is 2.33 bits per heavy atom. The Labute approximate surface area is 131 Å². The summed E-state index contributed by atoms with van der Waals surface area (Å²) in [6.07, 6.45) is 1.74. The van der Waals surface area contributed by atoms with Crippen molar-refractivity contribution in [2.75, 3.05) is 11.5 Å². The number of nitrogens with zero attached hydrogens (tertiary/aromatic N) is 2. The molecule has 0 spiro atoms. The Balaban J connectivity index is 2.32. The molecule has 1 aromatic heterocycles. The highest BCUT2D eigenvalue weighted by Gasteiger charge is 2.17. The van der Waals surface area contributed by atoms with E-state index in [9.17, 15) is 0 Å². The topological polar surface area (TPSA) is 126 Å². The smallest absolute Gasteiger partial charge is 0.151 e. The van der Waals surface area contributed by atoms with E-state index in [1.165, 1.54) is 23.5 Å². The van der Waals surface area contributed by atoms with Gasteiger partial charge in [0.2, 0.25) is 0 Å². The Morgan fingerprint density at radius 2 is 1.71 bits per heavy atom. The van der Waals surface area contributed by atoms with Gasteiger partial charge in [0, 0.05) is 22.8 Å². The van der Waals surface area contributed by atoms with E-state index in [-0.39, 0.29) is 16.3 Å². The van der Waals surface area contributed by atoms with Crippen molar-refractivity contribution >= 4 is 44.8 Å². The average Bonchev–Trinajstić information content (AvgIpc) is 2.46. The van der Waals surface area contributed by atoms with Gasteiger partial charge in [0.1, 0.15) is 0 Å². The summed E-state index contributed by atoms with van der Waals surface area (Å²) >= 11 is 2.57. The summed E-state index contributed by atoms with van der Waals surface area (Å²) in [7, 11) is 0. The summed E-state index contributed by atoms with van der Waals surface area (Å²) in [6.45, 7) is 0. The highest BCUT2D eigenvalue weighted by atomic mass is 32.2. The fourth-order valence-electron chi connectivity index (χ4n) is 1.96. The van der Waals surface area contributed by atoms with Crippen LogP contribution in [0.25, 0.3) is 10.9 Å². The molecule has 0 amide bonds. The maximum atomic E-state index is 7.37. The van der Waals surface area contributed by atoms with Crippen molar-refractivity contribution < 1.29 is 0 Å². The predicted octanol–water partition coefficient (Wildman–Crippen LogP) is 1.97. The predicted molar refractivity (Wildman–Crippen MR) is 91.0 cm³/mol.